The van der Waals surface area contributed by atoms with Crippen LogP contribution in [0.5, 0.6) is 0 Å². The van der Waals surface area contributed by atoms with Crippen molar-refractivity contribution in [3.05, 3.63) is 71.8 Å². The first-order valence-corrected chi connectivity index (χ1v) is 12.2. The molecule has 0 heterocycles. The molecule has 1 aliphatic rings. The Morgan fingerprint density at radius 1 is 0.517 bits per heavy atom. The van der Waals surface area contributed by atoms with Crippen molar-refractivity contribution in [1.82, 2.24) is 4.90 Å². The van der Waals surface area contributed by atoms with Crippen molar-refractivity contribution in [2.75, 3.05) is 13.1 Å². The smallest absolute Gasteiger partial charge is 0.00955 e. The maximum absolute atomic E-state index is 2.84. The van der Waals surface area contributed by atoms with E-state index in [1.54, 1.807) is 0 Å². The highest BCUT2D eigenvalue weighted by molar-refractivity contribution is 5.16. The van der Waals surface area contributed by atoms with Gasteiger partial charge in [-0.2, -0.15) is 0 Å². The monoisotopic (exact) mass is 391 g/mol. The van der Waals surface area contributed by atoms with E-state index in [-0.39, 0.29) is 0 Å². The predicted molar refractivity (Wildman–Crippen MR) is 126 cm³/mol. The molecule has 3 rings (SSSR count). The summed E-state index contributed by atoms with van der Waals surface area (Å²) in [5, 5.41) is 0. The third kappa shape index (κ3) is 8.74. The molecule has 29 heavy (non-hydrogen) atoms. The number of nitrogens with zero attached hydrogens (tertiary/aromatic N) is 1. The van der Waals surface area contributed by atoms with E-state index in [4.69, 9.17) is 0 Å². The normalized spacial score (nSPS) is 17.6. The van der Waals surface area contributed by atoms with Gasteiger partial charge in [-0.1, -0.05) is 118 Å². The molecule has 0 bridgehead atoms. The summed E-state index contributed by atoms with van der Waals surface area (Å²) in [5.74, 6) is 0. The molecule has 0 aliphatic heterocycles. The van der Waals surface area contributed by atoms with Gasteiger partial charge in [-0.05, 0) is 36.8 Å². The highest BCUT2D eigenvalue weighted by Crippen LogP contribution is 2.21. The minimum absolute atomic E-state index is 0.766. The van der Waals surface area contributed by atoms with Gasteiger partial charge in [-0.3, -0.25) is 4.90 Å². The van der Waals surface area contributed by atoms with Gasteiger partial charge < -0.3 is 0 Å². The molecule has 0 radical (unpaired) electrons. The summed E-state index contributed by atoms with van der Waals surface area (Å²) in [6.45, 7) is 2.39. The van der Waals surface area contributed by atoms with E-state index < -0.39 is 0 Å². The maximum atomic E-state index is 2.84. The summed E-state index contributed by atoms with van der Waals surface area (Å²) in [6.07, 6.45) is 18.1. The van der Waals surface area contributed by atoms with Gasteiger partial charge in [-0.15, -0.1) is 0 Å². The minimum atomic E-state index is 0.766. The molecule has 2 aromatic rings. The molecule has 1 fully saturated rings. The molecule has 1 aliphatic carbocycles. The second-order valence-electron chi connectivity index (χ2n) is 8.92. The van der Waals surface area contributed by atoms with Gasteiger partial charge in [0.1, 0.15) is 0 Å². The van der Waals surface area contributed by atoms with Crippen LogP contribution >= 0.6 is 0 Å². The van der Waals surface area contributed by atoms with Crippen LogP contribution in [0, 0.1) is 0 Å². The summed E-state index contributed by atoms with van der Waals surface area (Å²) in [7, 11) is 0. The summed E-state index contributed by atoms with van der Waals surface area (Å²) in [5.41, 5.74) is 2.95. The molecule has 2 aromatic carbocycles. The van der Waals surface area contributed by atoms with E-state index in [2.05, 4.69) is 65.6 Å². The first-order chi connectivity index (χ1) is 14.4. The lowest BCUT2D eigenvalue weighted by Crippen LogP contribution is -2.38. The Morgan fingerprint density at radius 2 is 0.897 bits per heavy atom. The maximum Gasteiger partial charge on any atom is 0.00955 e. The van der Waals surface area contributed by atoms with Crippen LogP contribution in [-0.2, 0) is 12.8 Å². The van der Waals surface area contributed by atoms with Crippen molar-refractivity contribution < 1.29 is 0 Å². The van der Waals surface area contributed by atoms with Crippen LogP contribution in [0.2, 0.25) is 0 Å². The van der Waals surface area contributed by atoms with Gasteiger partial charge in [-0.25, -0.2) is 0 Å². The first-order valence-electron chi connectivity index (χ1n) is 12.2. The lowest BCUT2D eigenvalue weighted by atomic mass is 9.96. The predicted octanol–water partition coefficient (Wildman–Crippen LogP) is 7.45. The third-order valence-corrected chi connectivity index (χ3v) is 6.65. The van der Waals surface area contributed by atoms with Crippen molar-refractivity contribution >= 4 is 0 Å². The molecule has 1 saturated carbocycles. The van der Waals surface area contributed by atoms with E-state index in [1.807, 2.05) is 0 Å². The van der Waals surface area contributed by atoms with Gasteiger partial charge in [0.25, 0.3) is 0 Å². The lowest BCUT2D eigenvalue weighted by molar-refractivity contribution is 0.173. The first kappa shape index (κ1) is 22.1. The summed E-state index contributed by atoms with van der Waals surface area (Å²) >= 11 is 0. The van der Waals surface area contributed by atoms with E-state index in [9.17, 15) is 0 Å². The molecule has 0 spiro atoms. The molecule has 0 atom stereocenters. The van der Waals surface area contributed by atoms with Crippen molar-refractivity contribution in [1.29, 1.82) is 0 Å². The van der Waals surface area contributed by atoms with E-state index in [1.165, 1.54) is 108 Å². The Bertz CT molecular complexity index is 580. The Morgan fingerprint density at radius 3 is 1.31 bits per heavy atom. The largest absolute Gasteiger partial charge is 0.300 e. The average Bonchev–Trinajstić information content (AvgIpc) is 2.76. The summed E-state index contributed by atoms with van der Waals surface area (Å²) in [4.78, 5) is 2.84. The van der Waals surface area contributed by atoms with Crippen LogP contribution in [0.4, 0.5) is 0 Å². The molecule has 0 unspecified atom stereocenters. The highest BCUT2D eigenvalue weighted by atomic mass is 15.1. The van der Waals surface area contributed by atoms with Crippen LogP contribution in [0.3, 0.4) is 0 Å². The highest BCUT2D eigenvalue weighted by Gasteiger charge is 2.18. The standard InChI is InChI=1S/C28H41N/c1-2-4-6-14-20-28(21-15-7-5-3-1)29(24-22-26-16-10-8-11-17-26)25-23-27-18-12-9-13-19-27/h8-13,16-19,28H,1-7,14-15,20-25H2. The number of hydrogen-bond acceptors (Lipinski definition) is 1. The van der Waals surface area contributed by atoms with E-state index in [0.29, 0.717) is 0 Å². The molecule has 0 N–H and O–H groups in total. The van der Waals surface area contributed by atoms with Crippen molar-refractivity contribution in [3.8, 4) is 0 Å². The van der Waals surface area contributed by atoms with Crippen LogP contribution in [0.15, 0.2) is 60.7 Å². The zero-order valence-electron chi connectivity index (χ0n) is 18.4. The van der Waals surface area contributed by atoms with Crippen LogP contribution in [-0.4, -0.2) is 24.0 Å². The number of benzene rings is 2. The van der Waals surface area contributed by atoms with E-state index in [0.717, 1.165) is 6.04 Å². The second-order valence-corrected chi connectivity index (χ2v) is 8.92. The molecule has 0 amide bonds. The zero-order valence-corrected chi connectivity index (χ0v) is 18.4. The molecule has 0 aromatic heterocycles. The molecule has 158 valence electrons. The van der Waals surface area contributed by atoms with Crippen molar-refractivity contribution in [3.63, 3.8) is 0 Å². The quantitative estimate of drug-likeness (QED) is 0.474. The van der Waals surface area contributed by atoms with Gasteiger partial charge >= 0.3 is 0 Å². The van der Waals surface area contributed by atoms with Crippen molar-refractivity contribution in [2.24, 2.45) is 0 Å². The fraction of sp³-hybridized carbons (Fsp3) is 0.571. The summed E-state index contributed by atoms with van der Waals surface area (Å²) < 4.78 is 0. The lowest BCUT2D eigenvalue weighted by Gasteiger charge is -2.32. The average molecular weight is 392 g/mol. The van der Waals surface area contributed by atoms with Crippen molar-refractivity contribution in [2.45, 2.75) is 89.5 Å². The fourth-order valence-corrected chi connectivity index (χ4v) is 4.82. The van der Waals surface area contributed by atoms with Gasteiger partial charge in [0.2, 0.25) is 0 Å². The SMILES string of the molecule is c1ccc(CCN(CCc2ccccc2)C2CCCCCCCCCCC2)cc1. The van der Waals surface area contributed by atoms with E-state index >= 15 is 0 Å². The fourth-order valence-electron chi connectivity index (χ4n) is 4.82. The van der Waals surface area contributed by atoms with Gasteiger partial charge in [0, 0.05) is 19.1 Å². The number of rotatable bonds is 7. The van der Waals surface area contributed by atoms with Gasteiger partial charge in [0.15, 0.2) is 0 Å². The Labute approximate surface area is 179 Å². The topological polar surface area (TPSA) is 3.24 Å². The summed E-state index contributed by atoms with van der Waals surface area (Å²) in [6, 6.07) is 22.9. The Balaban J connectivity index is 1.62. The number of hydrogen-bond donors (Lipinski definition) is 0. The Hall–Kier alpha value is -1.60. The Kier molecular flexibility index (Phi) is 10.4. The molecule has 1 nitrogen and oxygen atoms in total. The minimum Gasteiger partial charge on any atom is -0.300 e. The van der Waals surface area contributed by atoms with Crippen LogP contribution < -0.4 is 0 Å². The molecule has 1 heteroatoms. The zero-order chi connectivity index (χ0) is 20.0. The molecular formula is C28H41N. The third-order valence-electron chi connectivity index (χ3n) is 6.65. The van der Waals surface area contributed by atoms with Crippen LogP contribution in [0.1, 0.15) is 81.8 Å². The molecular weight excluding hydrogens is 350 g/mol. The van der Waals surface area contributed by atoms with Gasteiger partial charge in [0.05, 0.1) is 0 Å². The second kappa shape index (κ2) is 13.6. The molecule has 0 saturated heterocycles. The van der Waals surface area contributed by atoms with Crippen LogP contribution in [0.25, 0.3) is 0 Å².